The lowest BCUT2D eigenvalue weighted by Gasteiger charge is -2.32. The summed E-state index contributed by atoms with van der Waals surface area (Å²) in [6.45, 7) is 1.90. The molecule has 1 heterocycles. The van der Waals surface area contributed by atoms with Crippen LogP contribution in [-0.4, -0.2) is 75.7 Å². The number of carbonyl (C=O) groups is 2. The van der Waals surface area contributed by atoms with Gasteiger partial charge in [0.2, 0.25) is 9.64 Å². The van der Waals surface area contributed by atoms with Gasteiger partial charge in [-0.05, 0) is 18.4 Å². The Bertz CT molecular complexity index is 817. The predicted molar refractivity (Wildman–Crippen MR) is 112 cm³/mol. The third kappa shape index (κ3) is 4.90. The van der Waals surface area contributed by atoms with Gasteiger partial charge in [0.15, 0.2) is 0 Å². The summed E-state index contributed by atoms with van der Waals surface area (Å²) < 4.78 is 37.6. The van der Waals surface area contributed by atoms with E-state index in [9.17, 15) is 18.0 Å². The Morgan fingerprint density at radius 3 is 2.28 bits per heavy atom. The summed E-state index contributed by atoms with van der Waals surface area (Å²) in [5, 5.41) is 0. The molecule has 0 aliphatic carbocycles. The summed E-state index contributed by atoms with van der Waals surface area (Å²) in [6.07, 6.45) is 0.624. The second-order valence-electron chi connectivity index (χ2n) is 7.03. The Labute approximate surface area is 173 Å². The van der Waals surface area contributed by atoms with Crippen LogP contribution in [0, 0.1) is 0 Å². The molecule has 1 fully saturated rings. The highest BCUT2D eigenvalue weighted by molar-refractivity contribution is 8.48. The first-order valence-corrected chi connectivity index (χ1v) is 13.0. The molecular weight excluding hydrogens is 415 g/mol. The minimum absolute atomic E-state index is 0.292. The fourth-order valence-corrected chi connectivity index (χ4v) is 10.3. The van der Waals surface area contributed by atoms with Crippen molar-refractivity contribution in [3.05, 3.63) is 35.9 Å². The van der Waals surface area contributed by atoms with E-state index in [1.54, 1.807) is 0 Å². The molecule has 1 aliphatic heterocycles. The number of rotatable bonds is 7. The molecule has 1 saturated heterocycles. The molecule has 0 N–H and O–H groups in total. The van der Waals surface area contributed by atoms with E-state index >= 15 is 0 Å². The molecule has 162 valence electrons. The summed E-state index contributed by atoms with van der Waals surface area (Å²) >= 11 is 0. The van der Waals surface area contributed by atoms with E-state index in [0.717, 1.165) is 5.56 Å². The third-order valence-electron chi connectivity index (χ3n) is 5.18. The van der Waals surface area contributed by atoms with Crippen molar-refractivity contribution < 1.29 is 27.5 Å². The van der Waals surface area contributed by atoms with Crippen molar-refractivity contribution in [2.75, 3.05) is 28.3 Å². The van der Waals surface area contributed by atoms with Crippen molar-refractivity contribution in [1.82, 2.24) is 9.21 Å². The standard InChI is InChI=1S/C19H29N2O6PS/c1-6-15-12-16(17(18(22)26-4)21(15)19(23)27-5)28(29(24,25)20(2)3)13-14-10-8-7-9-11-14/h7-11,15-17H,6,12-13H2,1-5H3. The topological polar surface area (TPSA) is 93.2 Å². The van der Waals surface area contributed by atoms with Crippen LogP contribution in [0.1, 0.15) is 25.3 Å². The minimum Gasteiger partial charge on any atom is -0.467 e. The SMILES string of the molecule is CCC1CC(P(Cc2ccccc2)S(=O)(=O)N(C)C)C(C(=O)OC)N1C(=O)OC. The van der Waals surface area contributed by atoms with E-state index in [0.29, 0.717) is 19.0 Å². The highest BCUT2D eigenvalue weighted by Crippen LogP contribution is 2.58. The number of amides is 1. The van der Waals surface area contributed by atoms with Crippen molar-refractivity contribution in [3.8, 4) is 0 Å². The number of benzene rings is 1. The van der Waals surface area contributed by atoms with E-state index in [-0.39, 0.29) is 6.04 Å². The van der Waals surface area contributed by atoms with Gasteiger partial charge in [-0.2, -0.15) is 0 Å². The van der Waals surface area contributed by atoms with E-state index < -0.39 is 40.5 Å². The molecule has 4 atom stereocenters. The zero-order chi connectivity index (χ0) is 21.8. The van der Waals surface area contributed by atoms with Crippen LogP contribution in [0.25, 0.3) is 0 Å². The molecule has 1 amide bonds. The van der Waals surface area contributed by atoms with Crippen LogP contribution in [-0.2, 0) is 30.1 Å². The van der Waals surface area contributed by atoms with Crippen LogP contribution < -0.4 is 0 Å². The summed E-state index contributed by atoms with van der Waals surface area (Å²) in [6, 6.07) is 8.03. The van der Waals surface area contributed by atoms with Gasteiger partial charge in [0.1, 0.15) is 6.04 Å². The van der Waals surface area contributed by atoms with Crippen LogP contribution in [0.4, 0.5) is 4.79 Å². The van der Waals surface area contributed by atoms with Gasteiger partial charge >= 0.3 is 12.1 Å². The van der Waals surface area contributed by atoms with Gasteiger partial charge in [-0.25, -0.2) is 22.3 Å². The first-order valence-electron chi connectivity index (χ1n) is 9.36. The molecule has 0 aromatic heterocycles. The first-order chi connectivity index (χ1) is 13.7. The van der Waals surface area contributed by atoms with E-state index in [1.807, 2.05) is 37.3 Å². The van der Waals surface area contributed by atoms with Crippen LogP contribution in [0.15, 0.2) is 30.3 Å². The summed E-state index contributed by atoms with van der Waals surface area (Å²) in [4.78, 5) is 26.5. The van der Waals surface area contributed by atoms with Gasteiger partial charge in [0.05, 0.1) is 14.2 Å². The molecule has 1 aliphatic rings. The zero-order valence-electron chi connectivity index (χ0n) is 17.4. The van der Waals surface area contributed by atoms with Crippen molar-refractivity contribution in [1.29, 1.82) is 0 Å². The monoisotopic (exact) mass is 444 g/mol. The number of carbonyl (C=O) groups excluding carboxylic acids is 2. The number of hydrogen-bond acceptors (Lipinski definition) is 6. The number of hydrogen-bond donors (Lipinski definition) is 0. The quantitative estimate of drug-likeness (QED) is 0.474. The van der Waals surface area contributed by atoms with Gasteiger partial charge < -0.3 is 9.47 Å². The number of ether oxygens (including phenoxy) is 2. The number of nitrogens with zero attached hydrogens (tertiary/aromatic N) is 2. The lowest BCUT2D eigenvalue weighted by Crippen LogP contribution is -2.48. The molecule has 1 aromatic carbocycles. The fourth-order valence-electron chi connectivity index (χ4n) is 3.67. The highest BCUT2D eigenvalue weighted by atomic mass is 32.8. The maximum atomic E-state index is 13.3. The molecule has 10 heteroatoms. The van der Waals surface area contributed by atoms with Gasteiger partial charge in [-0.1, -0.05) is 37.3 Å². The molecule has 8 nitrogen and oxygen atoms in total. The van der Waals surface area contributed by atoms with Gasteiger partial charge in [0.25, 0.3) is 0 Å². The lowest BCUT2D eigenvalue weighted by molar-refractivity contribution is -0.145. The Morgan fingerprint density at radius 2 is 1.79 bits per heavy atom. The molecule has 0 bridgehead atoms. The Balaban J connectivity index is 2.56. The van der Waals surface area contributed by atoms with Gasteiger partial charge in [0, 0.05) is 39.1 Å². The van der Waals surface area contributed by atoms with Crippen LogP contribution in [0.3, 0.4) is 0 Å². The second kappa shape index (κ2) is 9.87. The number of esters is 1. The molecule has 0 radical (unpaired) electrons. The van der Waals surface area contributed by atoms with Crippen molar-refractivity contribution in [2.24, 2.45) is 0 Å². The van der Waals surface area contributed by atoms with Crippen molar-refractivity contribution in [3.63, 3.8) is 0 Å². The molecule has 29 heavy (non-hydrogen) atoms. The summed E-state index contributed by atoms with van der Waals surface area (Å²) in [5.41, 5.74) is 0.311. The van der Waals surface area contributed by atoms with Crippen LogP contribution >= 0.6 is 7.12 Å². The van der Waals surface area contributed by atoms with Crippen molar-refractivity contribution >= 4 is 28.8 Å². The third-order valence-corrected chi connectivity index (χ3v) is 12.6. The Morgan fingerprint density at radius 1 is 1.17 bits per heavy atom. The largest absolute Gasteiger partial charge is 0.467 e. The highest BCUT2D eigenvalue weighted by Gasteiger charge is 2.54. The smallest absolute Gasteiger partial charge is 0.410 e. The zero-order valence-corrected chi connectivity index (χ0v) is 19.2. The predicted octanol–water partition coefficient (Wildman–Crippen LogP) is 2.64. The molecule has 4 unspecified atom stereocenters. The maximum Gasteiger partial charge on any atom is 0.410 e. The van der Waals surface area contributed by atoms with Crippen LogP contribution in [0.2, 0.25) is 0 Å². The molecule has 0 saturated carbocycles. The average molecular weight is 444 g/mol. The summed E-state index contributed by atoms with van der Waals surface area (Å²) in [7, 11) is 0.0702. The Hall–Kier alpha value is -1.70. The molecule has 0 spiro atoms. The first kappa shape index (κ1) is 23.6. The normalized spacial score (nSPS) is 23.1. The number of likely N-dealkylation sites (tertiary alicyclic amines) is 1. The van der Waals surface area contributed by atoms with Gasteiger partial charge in [-0.3, -0.25) is 4.90 Å². The summed E-state index contributed by atoms with van der Waals surface area (Å²) in [5.74, 6) is -0.620. The number of methoxy groups -OCH3 is 2. The van der Waals surface area contributed by atoms with Crippen molar-refractivity contribution in [2.45, 2.75) is 43.7 Å². The average Bonchev–Trinajstić information content (AvgIpc) is 3.10. The fraction of sp³-hybridized carbons (Fsp3) is 0.579. The minimum atomic E-state index is -3.67. The molecule has 2 rings (SSSR count). The van der Waals surface area contributed by atoms with Gasteiger partial charge in [-0.15, -0.1) is 0 Å². The van der Waals surface area contributed by atoms with E-state index in [1.165, 1.54) is 37.5 Å². The maximum absolute atomic E-state index is 13.3. The van der Waals surface area contributed by atoms with E-state index in [2.05, 4.69) is 0 Å². The van der Waals surface area contributed by atoms with E-state index in [4.69, 9.17) is 9.47 Å². The Kier molecular flexibility index (Phi) is 8.02. The van der Waals surface area contributed by atoms with Crippen LogP contribution in [0.5, 0.6) is 0 Å². The lowest BCUT2D eigenvalue weighted by atomic mass is 10.1. The molecular formula is C19H29N2O6PS. The second-order valence-corrected chi connectivity index (χ2v) is 13.3. The molecule has 1 aromatic rings.